The molecule has 2 atom stereocenters. The summed E-state index contributed by atoms with van der Waals surface area (Å²) in [5.74, 6) is 1.52. The van der Waals surface area contributed by atoms with Gasteiger partial charge in [0.05, 0.1) is 26.7 Å². The molecule has 1 aliphatic rings. The third kappa shape index (κ3) is 5.84. The molecular weight excluding hydrogens is 375 g/mol. The number of amides is 1. The van der Waals surface area contributed by atoms with Gasteiger partial charge in [0, 0.05) is 31.6 Å². The molecule has 7 heteroatoms. The number of halogens is 1. The zero-order valence-corrected chi connectivity index (χ0v) is 16.7. The lowest BCUT2D eigenvalue weighted by Gasteiger charge is -2.29. The number of ether oxygens (including phenoxy) is 3. The molecule has 0 bridgehead atoms. The summed E-state index contributed by atoms with van der Waals surface area (Å²) in [6, 6.07) is 11.7. The molecule has 2 aromatic carbocycles. The average Bonchev–Trinajstić information content (AvgIpc) is 2.76. The molecule has 1 heterocycles. The number of carbonyl (C=O) groups is 1. The fraction of sp³-hybridized carbons (Fsp3) is 0.409. The summed E-state index contributed by atoms with van der Waals surface area (Å²) < 4.78 is 29.5. The van der Waals surface area contributed by atoms with E-state index in [2.05, 4.69) is 10.6 Å². The van der Waals surface area contributed by atoms with Crippen LogP contribution in [0.4, 0.5) is 4.39 Å². The van der Waals surface area contributed by atoms with E-state index in [1.165, 1.54) is 12.1 Å². The second kappa shape index (κ2) is 10.1. The van der Waals surface area contributed by atoms with Gasteiger partial charge in [-0.2, -0.15) is 0 Å². The van der Waals surface area contributed by atoms with Gasteiger partial charge in [-0.1, -0.05) is 12.1 Å². The molecule has 156 valence electrons. The third-order valence-electron chi connectivity index (χ3n) is 5.01. The second-order valence-corrected chi connectivity index (χ2v) is 7.13. The first-order valence-corrected chi connectivity index (χ1v) is 9.66. The van der Waals surface area contributed by atoms with Crippen LogP contribution in [0.1, 0.15) is 12.0 Å². The third-order valence-corrected chi connectivity index (χ3v) is 5.01. The second-order valence-electron chi connectivity index (χ2n) is 7.13. The number of hydrogen-bond acceptors (Lipinski definition) is 5. The average molecular weight is 402 g/mol. The van der Waals surface area contributed by atoms with Crippen molar-refractivity contribution in [1.29, 1.82) is 0 Å². The van der Waals surface area contributed by atoms with Gasteiger partial charge in [-0.25, -0.2) is 4.39 Å². The molecule has 29 heavy (non-hydrogen) atoms. The molecule has 0 radical (unpaired) electrons. The fourth-order valence-corrected chi connectivity index (χ4v) is 3.45. The molecule has 0 saturated carbocycles. The highest BCUT2D eigenvalue weighted by Gasteiger charge is 2.27. The molecule has 3 rings (SSSR count). The highest BCUT2D eigenvalue weighted by Crippen LogP contribution is 2.27. The van der Waals surface area contributed by atoms with Crippen LogP contribution in [0.15, 0.2) is 42.5 Å². The first-order valence-electron chi connectivity index (χ1n) is 9.66. The number of methoxy groups -OCH3 is 2. The van der Waals surface area contributed by atoms with E-state index in [-0.39, 0.29) is 23.6 Å². The highest BCUT2D eigenvalue weighted by atomic mass is 19.1. The van der Waals surface area contributed by atoms with Gasteiger partial charge in [-0.15, -0.1) is 0 Å². The topological polar surface area (TPSA) is 68.8 Å². The molecule has 2 aromatic rings. The Bertz CT molecular complexity index is 830. The van der Waals surface area contributed by atoms with Crippen LogP contribution in [0.5, 0.6) is 17.2 Å². The maximum absolute atomic E-state index is 13.3. The van der Waals surface area contributed by atoms with Gasteiger partial charge in [0.15, 0.2) is 11.5 Å². The number of piperidine rings is 1. The molecule has 0 unspecified atom stereocenters. The van der Waals surface area contributed by atoms with Gasteiger partial charge >= 0.3 is 0 Å². The van der Waals surface area contributed by atoms with E-state index in [0.29, 0.717) is 36.9 Å². The molecule has 0 spiro atoms. The van der Waals surface area contributed by atoms with Crippen LogP contribution in [0.25, 0.3) is 0 Å². The van der Waals surface area contributed by atoms with E-state index in [0.717, 1.165) is 18.5 Å². The Balaban J connectivity index is 1.49. The zero-order valence-electron chi connectivity index (χ0n) is 16.7. The summed E-state index contributed by atoms with van der Waals surface area (Å²) in [5.41, 5.74) is 0.936. The monoisotopic (exact) mass is 402 g/mol. The zero-order chi connectivity index (χ0) is 20.6. The molecule has 1 amide bonds. The summed E-state index contributed by atoms with van der Waals surface area (Å²) in [6.45, 7) is 2.26. The smallest absolute Gasteiger partial charge is 0.224 e. The number of nitrogens with one attached hydrogen (secondary N) is 2. The maximum Gasteiger partial charge on any atom is 0.224 e. The Morgan fingerprint density at radius 3 is 2.72 bits per heavy atom. The number of benzene rings is 2. The number of carbonyl (C=O) groups excluding carboxylic acids is 1. The normalized spacial score (nSPS) is 18.7. The van der Waals surface area contributed by atoms with Gasteiger partial charge in [-0.05, 0) is 36.2 Å². The van der Waals surface area contributed by atoms with Crippen LogP contribution in [-0.2, 0) is 11.3 Å². The Hall–Kier alpha value is -2.80. The fourth-order valence-electron chi connectivity index (χ4n) is 3.45. The summed E-state index contributed by atoms with van der Waals surface area (Å²) in [5, 5.41) is 6.29. The van der Waals surface area contributed by atoms with Crippen LogP contribution in [-0.4, -0.2) is 39.8 Å². The minimum Gasteiger partial charge on any atom is -0.493 e. The van der Waals surface area contributed by atoms with Gasteiger partial charge in [0.2, 0.25) is 5.91 Å². The van der Waals surface area contributed by atoms with Crippen molar-refractivity contribution in [2.45, 2.75) is 13.0 Å². The molecule has 1 saturated heterocycles. The van der Waals surface area contributed by atoms with Gasteiger partial charge in [-0.3, -0.25) is 4.79 Å². The molecule has 2 N–H and O–H groups in total. The molecular formula is C22H27FN2O4. The van der Waals surface area contributed by atoms with Gasteiger partial charge in [0.1, 0.15) is 11.6 Å². The Kier molecular flexibility index (Phi) is 7.30. The van der Waals surface area contributed by atoms with E-state index in [9.17, 15) is 9.18 Å². The van der Waals surface area contributed by atoms with Crippen LogP contribution in [0.3, 0.4) is 0 Å². The van der Waals surface area contributed by atoms with E-state index < -0.39 is 0 Å². The standard InChI is InChI=1S/C22H27FN2O4/c1-27-20-7-6-15(9-21(20)28-2)12-25-22(26)17-8-16(11-24-13-17)14-29-19-5-3-4-18(23)10-19/h3-7,9-10,16-17,24H,8,11-14H2,1-2H3,(H,25,26)/t16-,17+/m0/s1. The summed E-state index contributed by atoms with van der Waals surface area (Å²) >= 11 is 0. The summed E-state index contributed by atoms with van der Waals surface area (Å²) in [6.07, 6.45) is 0.722. The first-order chi connectivity index (χ1) is 14.1. The largest absolute Gasteiger partial charge is 0.493 e. The van der Waals surface area contributed by atoms with Crippen LogP contribution < -0.4 is 24.8 Å². The van der Waals surface area contributed by atoms with E-state index in [4.69, 9.17) is 14.2 Å². The lowest BCUT2D eigenvalue weighted by atomic mass is 9.90. The molecule has 1 aliphatic heterocycles. The summed E-state index contributed by atoms with van der Waals surface area (Å²) in [4.78, 5) is 12.6. The minimum atomic E-state index is -0.323. The molecule has 1 fully saturated rings. The van der Waals surface area contributed by atoms with Crippen molar-refractivity contribution >= 4 is 5.91 Å². The minimum absolute atomic E-state index is 0.00254. The van der Waals surface area contributed by atoms with Crippen molar-refractivity contribution in [3.63, 3.8) is 0 Å². The van der Waals surface area contributed by atoms with Crippen molar-refractivity contribution in [3.05, 3.63) is 53.8 Å². The van der Waals surface area contributed by atoms with Crippen molar-refractivity contribution in [2.24, 2.45) is 11.8 Å². The predicted molar refractivity (Wildman–Crippen MR) is 108 cm³/mol. The Morgan fingerprint density at radius 1 is 1.14 bits per heavy atom. The maximum atomic E-state index is 13.3. The quantitative estimate of drug-likeness (QED) is 0.711. The summed E-state index contributed by atoms with van der Waals surface area (Å²) in [7, 11) is 3.17. The SMILES string of the molecule is COc1ccc(CNC(=O)[C@H]2CNC[C@@H](COc3cccc(F)c3)C2)cc1OC. The van der Waals surface area contributed by atoms with Gasteiger partial charge in [0.25, 0.3) is 0 Å². The first kappa shape index (κ1) is 20.9. The van der Waals surface area contributed by atoms with E-state index in [1.807, 2.05) is 18.2 Å². The van der Waals surface area contributed by atoms with E-state index in [1.54, 1.807) is 26.4 Å². The van der Waals surface area contributed by atoms with Crippen molar-refractivity contribution in [1.82, 2.24) is 10.6 Å². The van der Waals surface area contributed by atoms with Crippen LogP contribution >= 0.6 is 0 Å². The number of hydrogen-bond donors (Lipinski definition) is 2. The van der Waals surface area contributed by atoms with Gasteiger partial charge < -0.3 is 24.8 Å². The highest BCUT2D eigenvalue weighted by molar-refractivity contribution is 5.79. The Morgan fingerprint density at radius 2 is 1.97 bits per heavy atom. The Labute approximate surface area is 170 Å². The van der Waals surface area contributed by atoms with E-state index >= 15 is 0 Å². The number of rotatable bonds is 8. The lowest BCUT2D eigenvalue weighted by molar-refractivity contribution is -0.126. The van der Waals surface area contributed by atoms with Crippen LogP contribution in [0.2, 0.25) is 0 Å². The molecule has 0 aliphatic carbocycles. The van der Waals surface area contributed by atoms with Crippen molar-refractivity contribution < 1.29 is 23.4 Å². The molecule has 0 aromatic heterocycles. The molecule has 6 nitrogen and oxygen atoms in total. The lowest BCUT2D eigenvalue weighted by Crippen LogP contribution is -2.45. The van der Waals surface area contributed by atoms with Crippen molar-refractivity contribution in [2.75, 3.05) is 33.9 Å². The predicted octanol–water partition coefficient (Wildman–Crippen LogP) is 2.76. The van der Waals surface area contributed by atoms with Crippen LogP contribution in [0, 0.1) is 17.7 Å². The van der Waals surface area contributed by atoms with Crippen molar-refractivity contribution in [3.8, 4) is 17.2 Å².